The van der Waals surface area contributed by atoms with Crippen molar-refractivity contribution in [2.24, 2.45) is 5.92 Å². The molecule has 1 aromatic carbocycles. The van der Waals surface area contributed by atoms with E-state index in [1.54, 1.807) is 0 Å². The fourth-order valence-corrected chi connectivity index (χ4v) is 3.81. The fourth-order valence-electron chi connectivity index (χ4n) is 2.38. The van der Waals surface area contributed by atoms with Crippen molar-refractivity contribution in [2.75, 3.05) is 0 Å². The van der Waals surface area contributed by atoms with Crippen LogP contribution in [0.4, 0.5) is 0 Å². The van der Waals surface area contributed by atoms with Crippen molar-refractivity contribution < 1.29 is 18.3 Å². The van der Waals surface area contributed by atoms with E-state index in [9.17, 15) is 13.2 Å². The van der Waals surface area contributed by atoms with E-state index in [0.717, 1.165) is 19.3 Å². The lowest BCUT2D eigenvalue weighted by Gasteiger charge is -2.17. The van der Waals surface area contributed by atoms with Gasteiger partial charge >= 0.3 is 5.97 Å². The highest BCUT2D eigenvalue weighted by molar-refractivity contribution is 7.89. The predicted octanol–water partition coefficient (Wildman–Crippen LogP) is 1.85. The summed E-state index contributed by atoms with van der Waals surface area (Å²) in [5.74, 6) is -0.816. The zero-order valence-corrected chi connectivity index (χ0v) is 11.5. The summed E-state index contributed by atoms with van der Waals surface area (Å²) in [6, 6.07) is 5.35. The number of nitrogens with one attached hydrogen (secondary N) is 1. The Bertz CT molecular complexity index is 582. The second-order valence-electron chi connectivity index (χ2n) is 4.97. The van der Waals surface area contributed by atoms with E-state index < -0.39 is 16.0 Å². The molecule has 1 aromatic rings. The average molecular weight is 283 g/mol. The van der Waals surface area contributed by atoms with Gasteiger partial charge < -0.3 is 5.11 Å². The smallest absolute Gasteiger partial charge is 0.335 e. The number of carboxylic acids is 1. The van der Waals surface area contributed by atoms with E-state index in [1.807, 2.05) is 6.92 Å². The van der Waals surface area contributed by atoms with Gasteiger partial charge in [0, 0.05) is 6.04 Å². The molecule has 0 aliphatic heterocycles. The number of sulfonamides is 1. The van der Waals surface area contributed by atoms with E-state index in [2.05, 4.69) is 4.72 Å². The molecule has 0 radical (unpaired) electrons. The molecule has 2 N–H and O–H groups in total. The lowest BCUT2D eigenvalue weighted by Crippen LogP contribution is -2.36. The first-order chi connectivity index (χ1) is 8.90. The summed E-state index contributed by atoms with van der Waals surface area (Å²) in [4.78, 5) is 10.9. The molecule has 104 valence electrons. The van der Waals surface area contributed by atoms with Crippen LogP contribution < -0.4 is 4.72 Å². The fraction of sp³-hybridized carbons (Fsp3) is 0.462. The van der Waals surface area contributed by atoms with Crippen molar-refractivity contribution in [1.29, 1.82) is 0 Å². The maximum absolute atomic E-state index is 12.2. The first kappa shape index (κ1) is 14.0. The van der Waals surface area contributed by atoms with Crippen LogP contribution >= 0.6 is 0 Å². The minimum absolute atomic E-state index is 0.00602. The molecule has 1 saturated carbocycles. The molecule has 0 amide bonds. The second-order valence-corrected chi connectivity index (χ2v) is 6.68. The van der Waals surface area contributed by atoms with Crippen LogP contribution in [0.3, 0.4) is 0 Å². The van der Waals surface area contributed by atoms with Gasteiger partial charge in [0.15, 0.2) is 0 Å². The van der Waals surface area contributed by atoms with Gasteiger partial charge in [-0.2, -0.15) is 0 Å². The Hall–Kier alpha value is -1.40. The van der Waals surface area contributed by atoms with Gasteiger partial charge in [0.05, 0.1) is 10.5 Å². The van der Waals surface area contributed by atoms with Gasteiger partial charge in [-0.3, -0.25) is 0 Å². The molecular weight excluding hydrogens is 266 g/mol. The molecule has 0 heterocycles. The molecule has 5 nitrogen and oxygen atoms in total. The van der Waals surface area contributed by atoms with Crippen LogP contribution in [0, 0.1) is 5.92 Å². The molecule has 0 bridgehead atoms. The van der Waals surface area contributed by atoms with Gasteiger partial charge in [-0.05, 0) is 37.0 Å². The molecule has 0 spiro atoms. The van der Waals surface area contributed by atoms with Crippen LogP contribution in [0.2, 0.25) is 0 Å². The molecule has 0 saturated heterocycles. The largest absolute Gasteiger partial charge is 0.478 e. The van der Waals surface area contributed by atoms with Crippen LogP contribution in [0.15, 0.2) is 29.2 Å². The van der Waals surface area contributed by atoms with Crippen LogP contribution in [0.1, 0.15) is 36.5 Å². The van der Waals surface area contributed by atoms with Gasteiger partial charge in [0.2, 0.25) is 10.0 Å². The highest BCUT2D eigenvalue weighted by Crippen LogP contribution is 2.26. The Morgan fingerprint density at radius 2 is 2.11 bits per heavy atom. The summed E-state index contributed by atoms with van der Waals surface area (Å²) in [7, 11) is -3.65. The number of rotatable bonds is 4. The van der Waals surface area contributed by atoms with Gasteiger partial charge in [0.1, 0.15) is 0 Å². The Labute approximate surface area is 112 Å². The molecule has 19 heavy (non-hydrogen) atoms. The standard InChI is InChI=1S/C13H17NO4S/c1-9-4-2-7-12(9)14-19(17,18)11-6-3-5-10(8-11)13(15)16/h3,5-6,8-9,12,14H,2,4,7H2,1H3,(H,15,16). The maximum atomic E-state index is 12.2. The zero-order valence-electron chi connectivity index (χ0n) is 10.7. The van der Waals surface area contributed by atoms with Crippen molar-refractivity contribution in [2.45, 2.75) is 37.1 Å². The Morgan fingerprint density at radius 3 is 2.68 bits per heavy atom. The predicted molar refractivity (Wildman–Crippen MR) is 70.5 cm³/mol. The van der Waals surface area contributed by atoms with E-state index in [0.29, 0.717) is 5.92 Å². The van der Waals surface area contributed by atoms with Crippen LogP contribution in [0.25, 0.3) is 0 Å². The summed E-state index contributed by atoms with van der Waals surface area (Å²) in [5, 5.41) is 8.89. The molecular formula is C13H17NO4S. The number of aromatic carboxylic acids is 1. The Balaban J connectivity index is 2.24. The number of carbonyl (C=O) groups is 1. The third kappa shape index (κ3) is 3.13. The highest BCUT2D eigenvalue weighted by atomic mass is 32.2. The van der Waals surface area contributed by atoms with Gasteiger partial charge in [-0.25, -0.2) is 17.9 Å². The van der Waals surface area contributed by atoms with Crippen LogP contribution in [-0.4, -0.2) is 25.5 Å². The van der Waals surface area contributed by atoms with Crippen LogP contribution in [0.5, 0.6) is 0 Å². The molecule has 2 unspecified atom stereocenters. The Morgan fingerprint density at radius 1 is 1.37 bits per heavy atom. The summed E-state index contributed by atoms with van der Waals surface area (Å²) >= 11 is 0. The summed E-state index contributed by atoms with van der Waals surface area (Å²) < 4.78 is 27.1. The molecule has 2 rings (SSSR count). The van der Waals surface area contributed by atoms with Crippen molar-refractivity contribution in [3.05, 3.63) is 29.8 Å². The second kappa shape index (κ2) is 5.30. The van der Waals surface area contributed by atoms with Gasteiger partial charge in [-0.15, -0.1) is 0 Å². The monoisotopic (exact) mass is 283 g/mol. The topological polar surface area (TPSA) is 83.5 Å². The van der Waals surface area contributed by atoms with E-state index >= 15 is 0 Å². The molecule has 0 aromatic heterocycles. The number of benzene rings is 1. The van der Waals surface area contributed by atoms with Gasteiger partial charge in [0.25, 0.3) is 0 Å². The summed E-state index contributed by atoms with van der Waals surface area (Å²) in [5.41, 5.74) is -0.0256. The van der Waals surface area contributed by atoms with Crippen molar-refractivity contribution in [3.8, 4) is 0 Å². The number of carboxylic acid groups (broad SMARTS) is 1. The minimum atomic E-state index is -3.65. The zero-order chi connectivity index (χ0) is 14.0. The normalized spacial score (nSPS) is 23.4. The third-order valence-corrected chi connectivity index (χ3v) is 5.05. The van der Waals surface area contributed by atoms with Crippen molar-refractivity contribution in [3.63, 3.8) is 0 Å². The van der Waals surface area contributed by atoms with E-state index in [4.69, 9.17) is 5.11 Å². The number of hydrogen-bond donors (Lipinski definition) is 2. The lowest BCUT2D eigenvalue weighted by molar-refractivity contribution is 0.0696. The number of hydrogen-bond acceptors (Lipinski definition) is 3. The SMILES string of the molecule is CC1CCCC1NS(=O)(=O)c1cccc(C(=O)O)c1. The minimum Gasteiger partial charge on any atom is -0.478 e. The molecule has 1 fully saturated rings. The molecule has 1 aliphatic carbocycles. The van der Waals surface area contributed by atoms with Gasteiger partial charge in [-0.1, -0.05) is 19.4 Å². The maximum Gasteiger partial charge on any atom is 0.335 e. The molecule has 6 heteroatoms. The summed E-state index contributed by atoms with van der Waals surface area (Å²) in [6.45, 7) is 2.02. The summed E-state index contributed by atoms with van der Waals surface area (Å²) in [6.07, 6.45) is 2.87. The van der Waals surface area contributed by atoms with Crippen molar-refractivity contribution >= 4 is 16.0 Å². The van der Waals surface area contributed by atoms with Crippen molar-refractivity contribution in [1.82, 2.24) is 4.72 Å². The first-order valence-electron chi connectivity index (χ1n) is 6.26. The van der Waals surface area contributed by atoms with E-state index in [-0.39, 0.29) is 16.5 Å². The highest BCUT2D eigenvalue weighted by Gasteiger charge is 2.28. The Kier molecular flexibility index (Phi) is 3.91. The average Bonchev–Trinajstić information content (AvgIpc) is 2.74. The van der Waals surface area contributed by atoms with Crippen LogP contribution in [-0.2, 0) is 10.0 Å². The molecule has 2 atom stereocenters. The first-order valence-corrected chi connectivity index (χ1v) is 7.74. The quantitative estimate of drug-likeness (QED) is 0.883. The molecule has 1 aliphatic rings. The van der Waals surface area contributed by atoms with E-state index in [1.165, 1.54) is 24.3 Å². The third-order valence-electron chi connectivity index (χ3n) is 3.56. The lowest BCUT2D eigenvalue weighted by atomic mass is 10.1.